The fourth-order valence-corrected chi connectivity index (χ4v) is 4.05. The Hall–Kier alpha value is -2.88. The first-order chi connectivity index (χ1) is 17.5. The number of nitrogens with one attached hydrogen (secondary N) is 2. The summed E-state index contributed by atoms with van der Waals surface area (Å²) < 4.78 is 7.69. The van der Waals surface area contributed by atoms with Crippen molar-refractivity contribution < 1.29 is 19.4 Å². The number of pyridine rings is 1. The number of rotatable bonds is 10. The van der Waals surface area contributed by atoms with Crippen molar-refractivity contribution in [2.75, 3.05) is 5.32 Å². The van der Waals surface area contributed by atoms with Gasteiger partial charge in [0.15, 0.2) is 6.10 Å². The molecule has 3 N–H and O–H groups in total. The van der Waals surface area contributed by atoms with Crippen LogP contribution in [0, 0.1) is 5.41 Å². The molecule has 1 aromatic carbocycles. The van der Waals surface area contributed by atoms with E-state index in [1.165, 1.54) is 6.20 Å². The molecule has 0 saturated carbocycles. The molecule has 0 bridgehead atoms. The third-order valence-electron chi connectivity index (χ3n) is 5.98. The number of benzene rings is 1. The number of aliphatic hydroxyl groups is 1. The van der Waals surface area contributed by atoms with Crippen molar-refractivity contribution in [3.05, 3.63) is 52.9 Å². The van der Waals surface area contributed by atoms with E-state index in [0.29, 0.717) is 40.8 Å². The van der Waals surface area contributed by atoms with Crippen LogP contribution in [0.25, 0.3) is 11.0 Å². The van der Waals surface area contributed by atoms with E-state index in [1.807, 2.05) is 32.3 Å². The highest BCUT2D eigenvalue weighted by Crippen LogP contribution is 2.29. The molecule has 0 aliphatic heterocycles. The largest absolute Gasteiger partial charge is 0.444 e. The topological polar surface area (TPSA) is 118 Å². The summed E-state index contributed by atoms with van der Waals surface area (Å²) in [5.74, 6) is -0.349. The molecule has 200 valence electrons. The van der Waals surface area contributed by atoms with Crippen LogP contribution in [0.1, 0.15) is 47.0 Å². The number of aliphatic hydroxyl groups excluding tert-OH is 1. The number of amides is 2. The third-order valence-corrected chi connectivity index (χ3v) is 6.70. The van der Waals surface area contributed by atoms with Gasteiger partial charge in [-0.1, -0.05) is 69.8 Å². The predicted octanol–water partition coefficient (Wildman–Crippen LogP) is 5.44. The molecular weight excluding hydrogens is 517 g/mol. The SMILES string of the molecule is CCCC[C@H](NC(=O)OC(Cn1cnc2cc(Cl)c(Cl)cc21)C(C)(C)C)[C@H](O)C(=O)Nc1ccccn1. The van der Waals surface area contributed by atoms with Gasteiger partial charge < -0.3 is 25.0 Å². The van der Waals surface area contributed by atoms with Crippen molar-refractivity contribution in [1.29, 1.82) is 0 Å². The van der Waals surface area contributed by atoms with Crippen molar-refractivity contribution in [1.82, 2.24) is 19.9 Å². The highest BCUT2D eigenvalue weighted by Gasteiger charge is 2.32. The van der Waals surface area contributed by atoms with Gasteiger partial charge in [-0.2, -0.15) is 0 Å². The quantitative estimate of drug-likeness (QED) is 0.310. The van der Waals surface area contributed by atoms with Crippen LogP contribution in [0.4, 0.5) is 10.6 Å². The van der Waals surface area contributed by atoms with Crippen LogP contribution in [-0.4, -0.2) is 49.9 Å². The Morgan fingerprint density at radius 3 is 2.54 bits per heavy atom. The number of halogens is 2. The number of aromatic nitrogens is 3. The van der Waals surface area contributed by atoms with Gasteiger partial charge in [0.1, 0.15) is 11.9 Å². The molecule has 2 aromatic heterocycles. The molecule has 3 rings (SSSR count). The van der Waals surface area contributed by atoms with E-state index in [2.05, 4.69) is 20.6 Å². The summed E-state index contributed by atoms with van der Waals surface area (Å²) in [5, 5.41) is 16.8. The van der Waals surface area contributed by atoms with Crippen LogP contribution < -0.4 is 10.6 Å². The van der Waals surface area contributed by atoms with Gasteiger partial charge in [-0.05, 0) is 30.7 Å². The number of hydrogen-bond donors (Lipinski definition) is 3. The van der Waals surface area contributed by atoms with Gasteiger partial charge in [0, 0.05) is 11.6 Å². The van der Waals surface area contributed by atoms with E-state index >= 15 is 0 Å². The maximum Gasteiger partial charge on any atom is 0.407 e. The van der Waals surface area contributed by atoms with Crippen LogP contribution in [-0.2, 0) is 16.1 Å². The Morgan fingerprint density at radius 1 is 1.16 bits per heavy atom. The maximum atomic E-state index is 13.0. The first kappa shape index (κ1) is 28.7. The second kappa shape index (κ2) is 12.6. The molecule has 9 nitrogen and oxygen atoms in total. The third kappa shape index (κ3) is 7.80. The molecule has 1 unspecified atom stereocenters. The summed E-state index contributed by atoms with van der Waals surface area (Å²) in [6.07, 6.45) is 2.32. The van der Waals surface area contributed by atoms with Gasteiger partial charge in [0.25, 0.3) is 5.91 Å². The summed E-state index contributed by atoms with van der Waals surface area (Å²) in [6, 6.07) is 7.62. The number of alkyl carbamates (subject to hydrolysis) is 1. The lowest BCUT2D eigenvalue weighted by Crippen LogP contribution is -2.50. The average Bonchev–Trinajstić information content (AvgIpc) is 3.22. The van der Waals surface area contributed by atoms with Crippen LogP contribution >= 0.6 is 23.2 Å². The molecule has 0 saturated heterocycles. The van der Waals surface area contributed by atoms with Crippen LogP contribution in [0.2, 0.25) is 10.0 Å². The number of hydrogen-bond acceptors (Lipinski definition) is 6. The van der Waals surface area contributed by atoms with Crippen molar-refractivity contribution in [2.24, 2.45) is 5.41 Å². The number of carbonyl (C=O) groups is 2. The van der Waals surface area contributed by atoms with Crippen LogP contribution in [0.3, 0.4) is 0 Å². The molecular formula is C26H33Cl2N5O4. The standard InChI is InChI=1S/C26H33Cl2N5O4/c1-5-6-9-18(23(34)24(35)32-22-10-7-8-11-29-22)31-25(36)37-21(26(2,3)4)14-33-15-30-19-12-16(27)17(28)13-20(19)33/h7-8,10-13,15,18,21,23,34H,5-6,9,14H2,1-4H3,(H,31,36)(H,29,32,35)/t18-,21?,23-/m0/s1. The van der Waals surface area contributed by atoms with Crippen LogP contribution in [0.15, 0.2) is 42.9 Å². The average molecular weight is 550 g/mol. The monoisotopic (exact) mass is 549 g/mol. The number of fused-ring (bicyclic) bond motifs is 1. The summed E-state index contributed by atoms with van der Waals surface area (Å²) in [4.78, 5) is 34.1. The second-order valence-corrected chi connectivity index (χ2v) is 10.8. The first-order valence-corrected chi connectivity index (χ1v) is 12.9. The van der Waals surface area contributed by atoms with Gasteiger partial charge >= 0.3 is 6.09 Å². The summed E-state index contributed by atoms with van der Waals surface area (Å²) in [6.45, 7) is 8.17. The summed E-state index contributed by atoms with van der Waals surface area (Å²) >= 11 is 12.3. The molecule has 2 heterocycles. The molecule has 0 aliphatic carbocycles. The van der Waals surface area contributed by atoms with E-state index in [9.17, 15) is 14.7 Å². The molecule has 0 spiro atoms. The normalized spacial score (nSPS) is 14.1. The first-order valence-electron chi connectivity index (χ1n) is 12.2. The van der Waals surface area contributed by atoms with Gasteiger partial charge in [0.2, 0.25) is 0 Å². The highest BCUT2D eigenvalue weighted by atomic mass is 35.5. The number of ether oxygens (including phenoxy) is 1. The Kier molecular flexibility index (Phi) is 9.75. The minimum absolute atomic E-state index is 0.310. The van der Waals surface area contributed by atoms with Crippen molar-refractivity contribution in [3.63, 3.8) is 0 Å². The molecule has 3 aromatic rings. The molecule has 2 amide bonds. The minimum Gasteiger partial charge on any atom is -0.444 e. The Morgan fingerprint density at radius 2 is 1.89 bits per heavy atom. The number of nitrogens with zero attached hydrogens (tertiary/aromatic N) is 3. The smallest absolute Gasteiger partial charge is 0.407 e. The van der Waals surface area contributed by atoms with E-state index in [1.54, 1.807) is 36.7 Å². The Bertz CT molecular complexity index is 1210. The summed E-state index contributed by atoms with van der Waals surface area (Å²) in [5.41, 5.74) is 1.00. The van der Waals surface area contributed by atoms with E-state index in [0.717, 1.165) is 11.9 Å². The fourth-order valence-electron chi connectivity index (χ4n) is 3.73. The number of unbranched alkanes of at least 4 members (excludes halogenated alkanes) is 1. The summed E-state index contributed by atoms with van der Waals surface area (Å²) in [7, 11) is 0. The Balaban J connectivity index is 1.72. The molecule has 0 radical (unpaired) electrons. The van der Waals surface area contributed by atoms with Gasteiger partial charge in [0.05, 0.1) is 40.0 Å². The Labute approximate surface area is 226 Å². The maximum absolute atomic E-state index is 13.0. The lowest BCUT2D eigenvalue weighted by Gasteiger charge is -2.32. The zero-order valence-corrected chi connectivity index (χ0v) is 22.9. The molecule has 3 atom stereocenters. The van der Waals surface area contributed by atoms with Crippen molar-refractivity contribution in [3.8, 4) is 0 Å². The van der Waals surface area contributed by atoms with Gasteiger partial charge in [-0.15, -0.1) is 0 Å². The number of anilines is 1. The van der Waals surface area contributed by atoms with Gasteiger partial charge in [-0.3, -0.25) is 4.79 Å². The van der Waals surface area contributed by atoms with Crippen molar-refractivity contribution in [2.45, 2.75) is 71.8 Å². The zero-order valence-electron chi connectivity index (χ0n) is 21.4. The van der Waals surface area contributed by atoms with Crippen molar-refractivity contribution >= 4 is 52.1 Å². The molecule has 11 heteroatoms. The molecule has 37 heavy (non-hydrogen) atoms. The van der Waals surface area contributed by atoms with Gasteiger partial charge in [-0.25, -0.2) is 14.8 Å². The van der Waals surface area contributed by atoms with E-state index in [-0.39, 0.29) is 0 Å². The van der Waals surface area contributed by atoms with Crippen LogP contribution in [0.5, 0.6) is 0 Å². The minimum atomic E-state index is -1.49. The van der Waals surface area contributed by atoms with E-state index in [4.69, 9.17) is 27.9 Å². The molecule has 0 aliphatic rings. The lowest BCUT2D eigenvalue weighted by atomic mass is 9.89. The number of imidazole rings is 1. The number of carbonyl (C=O) groups excluding carboxylic acids is 2. The fraction of sp³-hybridized carbons (Fsp3) is 0.462. The second-order valence-electron chi connectivity index (χ2n) is 9.95. The predicted molar refractivity (Wildman–Crippen MR) is 145 cm³/mol. The highest BCUT2D eigenvalue weighted by molar-refractivity contribution is 6.42. The molecule has 0 fully saturated rings. The zero-order chi connectivity index (χ0) is 27.2. The van der Waals surface area contributed by atoms with E-state index < -0.39 is 35.7 Å². The lowest BCUT2D eigenvalue weighted by molar-refractivity contribution is -0.125.